The number of piperazine rings is 1. The van der Waals surface area contributed by atoms with E-state index in [2.05, 4.69) is 25.1 Å². The average Bonchev–Trinajstić information content (AvgIpc) is 3.41. The van der Waals surface area contributed by atoms with Crippen molar-refractivity contribution in [1.82, 2.24) is 34.7 Å². The number of rotatable bonds is 6. The molecular weight excluding hydrogens is 536 g/mol. The largest absolute Gasteiger partial charge is 0.497 e. The van der Waals surface area contributed by atoms with Crippen LogP contribution in [0.25, 0.3) is 27.8 Å². The van der Waals surface area contributed by atoms with Crippen LogP contribution >= 0.6 is 0 Å². The predicted octanol–water partition coefficient (Wildman–Crippen LogP) is 4.38. The molecule has 0 spiro atoms. The van der Waals surface area contributed by atoms with Crippen LogP contribution in [0.1, 0.15) is 26.6 Å². The van der Waals surface area contributed by atoms with Crippen molar-refractivity contribution in [2.45, 2.75) is 33.0 Å². The van der Waals surface area contributed by atoms with Crippen molar-refractivity contribution in [2.75, 3.05) is 38.2 Å². The van der Waals surface area contributed by atoms with Gasteiger partial charge in [0.05, 0.1) is 18.3 Å². The fourth-order valence-corrected chi connectivity index (χ4v) is 4.74. The van der Waals surface area contributed by atoms with Crippen molar-refractivity contribution < 1.29 is 19.0 Å². The van der Waals surface area contributed by atoms with Crippen molar-refractivity contribution in [2.24, 2.45) is 0 Å². The van der Waals surface area contributed by atoms with Crippen LogP contribution in [0, 0.1) is 0 Å². The lowest BCUT2D eigenvalue weighted by Crippen LogP contribution is -2.50. The second-order valence-electron chi connectivity index (χ2n) is 10.9. The van der Waals surface area contributed by atoms with E-state index in [1.807, 2.05) is 75.5 Å². The van der Waals surface area contributed by atoms with Crippen LogP contribution in [0.3, 0.4) is 0 Å². The van der Waals surface area contributed by atoms with Gasteiger partial charge in [-0.15, -0.1) is 10.2 Å². The number of methoxy groups -OCH3 is 1. The molecule has 1 aliphatic heterocycles. The molecule has 1 aliphatic rings. The Morgan fingerprint density at radius 3 is 2.52 bits per heavy atom. The third-order valence-electron chi connectivity index (χ3n) is 6.89. The number of ether oxygens (including phenoxy) is 3. The molecule has 0 aliphatic carbocycles. The number of anilines is 1. The summed E-state index contributed by atoms with van der Waals surface area (Å²) in [5, 5.41) is 14.2. The molecule has 42 heavy (non-hydrogen) atoms. The summed E-state index contributed by atoms with van der Waals surface area (Å²) in [6.07, 6.45) is 3.23. The van der Waals surface area contributed by atoms with Crippen LogP contribution < -0.4 is 14.4 Å². The van der Waals surface area contributed by atoms with Crippen molar-refractivity contribution in [3.8, 4) is 22.8 Å². The fourth-order valence-electron chi connectivity index (χ4n) is 4.74. The predicted molar refractivity (Wildman–Crippen MR) is 157 cm³/mol. The van der Waals surface area contributed by atoms with E-state index in [0.717, 1.165) is 33.7 Å². The normalized spacial score (nSPS) is 13.9. The quantitative estimate of drug-likeness (QED) is 0.292. The third-order valence-corrected chi connectivity index (χ3v) is 6.89. The van der Waals surface area contributed by atoms with E-state index in [-0.39, 0.29) is 12.7 Å². The molecule has 0 unspecified atom stereocenters. The topological polar surface area (TPSA) is 120 Å². The zero-order valence-electron chi connectivity index (χ0n) is 24.0. The maximum atomic E-state index is 12.4. The maximum Gasteiger partial charge on any atom is 0.410 e. The van der Waals surface area contributed by atoms with Gasteiger partial charge in [0.2, 0.25) is 0 Å². The molecular formula is C30H32N8O4. The average molecular weight is 569 g/mol. The van der Waals surface area contributed by atoms with Gasteiger partial charge in [0, 0.05) is 55.6 Å². The van der Waals surface area contributed by atoms with E-state index in [1.54, 1.807) is 22.7 Å². The van der Waals surface area contributed by atoms with Gasteiger partial charge in [-0.3, -0.25) is 4.98 Å². The third kappa shape index (κ3) is 5.73. The van der Waals surface area contributed by atoms with Crippen molar-refractivity contribution in [3.63, 3.8) is 0 Å². The summed E-state index contributed by atoms with van der Waals surface area (Å²) in [6.45, 7) is 8.32. The summed E-state index contributed by atoms with van der Waals surface area (Å²) in [7, 11) is 1.63. The van der Waals surface area contributed by atoms with Gasteiger partial charge >= 0.3 is 6.09 Å². The second kappa shape index (κ2) is 11.1. The summed E-state index contributed by atoms with van der Waals surface area (Å²) in [5.41, 5.74) is 2.49. The summed E-state index contributed by atoms with van der Waals surface area (Å²) < 4.78 is 18.6. The first-order chi connectivity index (χ1) is 20.3. The van der Waals surface area contributed by atoms with Crippen LogP contribution in [-0.4, -0.2) is 79.7 Å². The standard InChI is InChI=1S/C30H32N8O4/c1-30(2,3)42-29(39)37-15-13-36(14-16-37)26-9-5-20(18-32-26)23-8-10-27-33-34-28(38(27)35-23)19-41-25-11-12-31-24-17-21(40-4)6-7-22(24)25/h5-12,17-18H,13-16,19H2,1-4H3. The molecule has 6 rings (SSSR count). The summed E-state index contributed by atoms with van der Waals surface area (Å²) in [5.74, 6) is 2.83. The zero-order valence-corrected chi connectivity index (χ0v) is 24.0. The molecule has 1 saturated heterocycles. The Balaban J connectivity index is 1.14. The minimum Gasteiger partial charge on any atom is -0.497 e. The summed E-state index contributed by atoms with van der Waals surface area (Å²) >= 11 is 0. The number of nitrogens with zero attached hydrogens (tertiary/aromatic N) is 8. The van der Waals surface area contributed by atoms with E-state index < -0.39 is 5.60 Å². The van der Waals surface area contributed by atoms with Gasteiger partial charge in [0.25, 0.3) is 0 Å². The molecule has 0 saturated carbocycles. The fraction of sp³-hybridized carbons (Fsp3) is 0.333. The van der Waals surface area contributed by atoms with E-state index in [9.17, 15) is 4.79 Å². The highest BCUT2D eigenvalue weighted by Gasteiger charge is 2.26. The summed E-state index contributed by atoms with van der Waals surface area (Å²) in [6, 6.07) is 15.2. The van der Waals surface area contributed by atoms with Gasteiger partial charge in [-0.05, 0) is 63.2 Å². The molecule has 1 aromatic carbocycles. The van der Waals surface area contributed by atoms with Crippen LogP contribution in [0.2, 0.25) is 0 Å². The number of carbonyl (C=O) groups excluding carboxylic acids is 1. The van der Waals surface area contributed by atoms with Crippen molar-refractivity contribution in [3.05, 3.63) is 66.7 Å². The molecule has 12 nitrogen and oxygen atoms in total. The Hall–Kier alpha value is -5.00. The highest BCUT2D eigenvalue weighted by Crippen LogP contribution is 2.28. The number of aromatic nitrogens is 6. The highest BCUT2D eigenvalue weighted by atomic mass is 16.6. The molecule has 0 atom stereocenters. The van der Waals surface area contributed by atoms with E-state index in [0.29, 0.717) is 43.4 Å². The van der Waals surface area contributed by atoms with Gasteiger partial charge < -0.3 is 24.0 Å². The smallest absolute Gasteiger partial charge is 0.410 e. The lowest BCUT2D eigenvalue weighted by atomic mass is 10.2. The maximum absolute atomic E-state index is 12.4. The number of amides is 1. The Kier molecular flexibility index (Phi) is 7.19. The number of pyridine rings is 2. The van der Waals surface area contributed by atoms with Crippen LogP contribution in [0.5, 0.6) is 11.5 Å². The lowest BCUT2D eigenvalue weighted by Gasteiger charge is -2.36. The molecule has 5 aromatic rings. The first kappa shape index (κ1) is 27.2. The molecule has 0 bridgehead atoms. The minimum atomic E-state index is -0.507. The van der Waals surface area contributed by atoms with Crippen LogP contribution in [0.4, 0.5) is 10.6 Å². The molecule has 0 N–H and O–H groups in total. The Morgan fingerprint density at radius 1 is 0.952 bits per heavy atom. The highest BCUT2D eigenvalue weighted by molar-refractivity contribution is 5.86. The molecule has 1 fully saturated rings. The minimum absolute atomic E-state index is 0.176. The first-order valence-electron chi connectivity index (χ1n) is 13.7. The number of fused-ring (bicyclic) bond motifs is 2. The van der Waals surface area contributed by atoms with E-state index in [4.69, 9.17) is 19.3 Å². The number of hydrogen-bond donors (Lipinski definition) is 0. The van der Waals surface area contributed by atoms with Crippen molar-refractivity contribution in [1.29, 1.82) is 0 Å². The lowest BCUT2D eigenvalue weighted by molar-refractivity contribution is 0.0240. The number of carbonyl (C=O) groups is 1. The SMILES string of the molecule is COc1ccc2c(OCc3nnc4ccc(-c5ccc(N6CCN(C(=O)OC(C)(C)C)CC6)nc5)nn34)ccnc2c1. The molecule has 5 heterocycles. The molecule has 1 amide bonds. The van der Waals surface area contributed by atoms with Gasteiger partial charge in [-0.1, -0.05) is 0 Å². The summed E-state index contributed by atoms with van der Waals surface area (Å²) in [4.78, 5) is 25.4. The Labute approximate surface area is 242 Å². The van der Waals surface area contributed by atoms with Crippen LogP contribution in [-0.2, 0) is 11.3 Å². The van der Waals surface area contributed by atoms with E-state index >= 15 is 0 Å². The zero-order chi connectivity index (χ0) is 29.3. The van der Waals surface area contributed by atoms with Gasteiger partial charge in [-0.2, -0.15) is 9.61 Å². The number of benzene rings is 1. The first-order valence-corrected chi connectivity index (χ1v) is 13.7. The Bertz CT molecular complexity index is 1720. The van der Waals surface area contributed by atoms with Gasteiger partial charge in [0.15, 0.2) is 11.5 Å². The second-order valence-corrected chi connectivity index (χ2v) is 10.9. The van der Waals surface area contributed by atoms with E-state index in [1.165, 1.54) is 0 Å². The molecule has 216 valence electrons. The van der Waals surface area contributed by atoms with Gasteiger partial charge in [0.1, 0.15) is 29.5 Å². The monoisotopic (exact) mass is 568 g/mol. The molecule has 12 heteroatoms. The molecule has 4 aromatic heterocycles. The van der Waals surface area contributed by atoms with Crippen LogP contribution in [0.15, 0.2) is 60.9 Å². The molecule has 0 radical (unpaired) electrons. The Morgan fingerprint density at radius 2 is 1.79 bits per heavy atom. The number of hydrogen-bond acceptors (Lipinski definition) is 10. The van der Waals surface area contributed by atoms with Gasteiger partial charge in [-0.25, -0.2) is 9.78 Å². The van der Waals surface area contributed by atoms with Crippen molar-refractivity contribution >= 4 is 28.5 Å².